The van der Waals surface area contributed by atoms with E-state index < -0.39 is 30.3 Å². The number of halogens is 3. The van der Waals surface area contributed by atoms with Crippen LogP contribution < -0.4 is 0 Å². The minimum atomic E-state index is -4.48. The molecule has 2 atom stereocenters. The van der Waals surface area contributed by atoms with E-state index in [9.17, 15) is 18.0 Å². The molecule has 0 bridgehead atoms. The molecule has 0 amide bonds. The standard InChI is InChI=1S/C10H16F3NO3/c1-3-17-9(10(11,12)13)4-5-14(6-9)7(2)8(15)16/h7H,3-6H2,1-2H3,(H,15,16)/t7-,9+/m1/s1. The predicted octanol–water partition coefficient (Wildman–Crippen LogP) is 1.50. The maximum Gasteiger partial charge on any atom is 0.418 e. The maximum atomic E-state index is 12.9. The van der Waals surface area contributed by atoms with Crippen LogP contribution in [0.1, 0.15) is 20.3 Å². The van der Waals surface area contributed by atoms with Crippen molar-refractivity contribution in [1.29, 1.82) is 0 Å². The smallest absolute Gasteiger partial charge is 0.418 e. The second-order valence-electron chi connectivity index (χ2n) is 4.16. The van der Waals surface area contributed by atoms with Crippen LogP contribution in [0.25, 0.3) is 0 Å². The zero-order valence-electron chi connectivity index (χ0n) is 9.75. The summed E-state index contributed by atoms with van der Waals surface area (Å²) in [6.07, 6.45) is -4.70. The van der Waals surface area contributed by atoms with Crippen LogP contribution in [0.4, 0.5) is 13.2 Å². The SMILES string of the molecule is CCO[C@@]1(C(F)(F)F)CCN([C@H](C)C(=O)O)C1. The Hall–Kier alpha value is -0.820. The highest BCUT2D eigenvalue weighted by molar-refractivity contribution is 5.72. The fourth-order valence-corrected chi connectivity index (χ4v) is 2.00. The summed E-state index contributed by atoms with van der Waals surface area (Å²) in [5.74, 6) is -1.13. The molecule has 1 rings (SSSR count). The number of hydrogen-bond acceptors (Lipinski definition) is 3. The predicted molar refractivity (Wildman–Crippen MR) is 53.7 cm³/mol. The zero-order valence-corrected chi connectivity index (χ0v) is 9.75. The average Bonchev–Trinajstić information content (AvgIpc) is 2.62. The Kier molecular flexibility index (Phi) is 4.03. The molecular formula is C10H16F3NO3. The van der Waals surface area contributed by atoms with Gasteiger partial charge in [0.05, 0.1) is 0 Å². The highest BCUT2D eigenvalue weighted by Crippen LogP contribution is 2.41. The molecule has 0 aromatic rings. The number of nitrogens with zero attached hydrogens (tertiary/aromatic N) is 1. The Labute approximate surface area is 97.3 Å². The van der Waals surface area contributed by atoms with E-state index in [-0.39, 0.29) is 19.6 Å². The molecule has 1 N–H and O–H groups in total. The molecule has 17 heavy (non-hydrogen) atoms. The van der Waals surface area contributed by atoms with Crippen molar-refractivity contribution >= 4 is 5.97 Å². The van der Waals surface area contributed by atoms with E-state index in [1.54, 1.807) is 0 Å². The van der Waals surface area contributed by atoms with Gasteiger partial charge in [-0.15, -0.1) is 0 Å². The lowest BCUT2D eigenvalue weighted by atomic mass is 10.0. The van der Waals surface area contributed by atoms with Gasteiger partial charge in [-0.25, -0.2) is 0 Å². The molecule has 0 spiro atoms. The number of carboxylic acid groups (broad SMARTS) is 1. The van der Waals surface area contributed by atoms with Gasteiger partial charge in [0.1, 0.15) is 6.04 Å². The number of carbonyl (C=O) groups is 1. The highest BCUT2D eigenvalue weighted by Gasteiger charge is 2.59. The summed E-state index contributed by atoms with van der Waals surface area (Å²) in [5, 5.41) is 8.78. The van der Waals surface area contributed by atoms with E-state index in [0.717, 1.165) is 0 Å². The van der Waals surface area contributed by atoms with Crippen molar-refractivity contribution in [3.8, 4) is 0 Å². The first-order valence-electron chi connectivity index (χ1n) is 5.41. The number of rotatable bonds is 4. The molecule has 1 aliphatic rings. The van der Waals surface area contributed by atoms with Gasteiger partial charge in [0.25, 0.3) is 0 Å². The molecule has 4 nitrogen and oxygen atoms in total. The summed E-state index contributed by atoms with van der Waals surface area (Å²) in [6, 6.07) is -0.931. The molecule has 0 aromatic heterocycles. The third-order valence-corrected chi connectivity index (χ3v) is 3.10. The van der Waals surface area contributed by atoms with Crippen LogP contribution in [0.5, 0.6) is 0 Å². The first-order valence-corrected chi connectivity index (χ1v) is 5.41. The number of aliphatic carboxylic acids is 1. The second-order valence-corrected chi connectivity index (χ2v) is 4.16. The van der Waals surface area contributed by atoms with Gasteiger partial charge in [-0.05, 0) is 20.3 Å². The van der Waals surface area contributed by atoms with Gasteiger partial charge in [0.2, 0.25) is 0 Å². The largest absolute Gasteiger partial charge is 0.480 e. The number of ether oxygens (including phenoxy) is 1. The van der Waals surface area contributed by atoms with Gasteiger partial charge < -0.3 is 9.84 Å². The summed E-state index contributed by atoms with van der Waals surface area (Å²) in [4.78, 5) is 12.0. The molecule has 0 aromatic carbocycles. The lowest BCUT2D eigenvalue weighted by Crippen LogP contribution is -2.51. The van der Waals surface area contributed by atoms with Crippen molar-refractivity contribution in [3.05, 3.63) is 0 Å². The summed E-state index contributed by atoms with van der Waals surface area (Å²) >= 11 is 0. The Bertz CT molecular complexity index is 295. The van der Waals surface area contributed by atoms with Crippen LogP contribution in [-0.2, 0) is 9.53 Å². The van der Waals surface area contributed by atoms with Gasteiger partial charge in [-0.2, -0.15) is 13.2 Å². The summed E-state index contributed by atoms with van der Waals surface area (Å²) in [7, 11) is 0. The first kappa shape index (κ1) is 14.2. The van der Waals surface area contributed by atoms with Gasteiger partial charge in [-0.1, -0.05) is 0 Å². The number of likely N-dealkylation sites (tertiary alicyclic amines) is 1. The second kappa shape index (κ2) is 4.81. The molecule has 1 fully saturated rings. The number of alkyl halides is 3. The summed E-state index contributed by atoms with van der Waals surface area (Å²) in [6.45, 7) is 2.48. The average molecular weight is 255 g/mol. The molecule has 0 radical (unpaired) electrons. The first-order chi connectivity index (χ1) is 7.73. The third kappa shape index (κ3) is 2.71. The summed E-state index contributed by atoms with van der Waals surface area (Å²) in [5.41, 5.74) is -2.22. The van der Waals surface area contributed by atoms with Gasteiger partial charge in [0, 0.05) is 19.7 Å². The van der Waals surface area contributed by atoms with Crippen LogP contribution in [0.2, 0.25) is 0 Å². The monoisotopic (exact) mass is 255 g/mol. The Morgan fingerprint density at radius 2 is 2.18 bits per heavy atom. The van der Waals surface area contributed by atoms with Crippen LogP contribution >= 0.6 is 0 Å². The van der Waals surface area contributed by atoms with E-state index in [1.165, 1.54) is 18.7 Å². The molecule has 1 heterocycles. The van der Waals surface area contributed by atoms with Gasteiger partial charge in [-0.3, -0.25) is 9.69 Å². The molecule has 100 valence electrons. The van der Waals surface area contributed by atoms with Crippen molar-refractivity contribution in [2.45, 2.75) is 38.1 Å². The highest BCUT2D eigenvalue weighted by atomic mass is 19.4. The molecule has 0 unspecified atom stereocenters. The van der Waals surface area contributed by atoms with E-state index in [0.29, 0.717) is 0 Å². The molecule has 1 saturated heterocycles. The van der Waals surface area contributed by atoms with E-state index in [1.807, 2.05) is 0 Å². The zero-order chi connectivity index (χ0) is 13.3. The third-order valence-electron chi connectivity index (χ3n) is 3.10. The molecular weight excluding hydrogens is 239 g/mol. The van der Waals surface area contributed by atoms with Crippen LogP contribution in [-0.4, -0.2) is 53.5 Å². The van der Waals surface area contributed by atoms with Crippen molar-refractivity contribution in [2.75, 3.05) is 19.7 Å². The Morgan fingerprint density at radius 1 is 1.59 bits per heavy atom. The number of hydrogen-bond donors (Lipinski definition) is 1. The maximum absolute atomic E-state index is 12.9. The van der Waals surface area contributed by atoms with Crippen molar-refractivity contribution < 1.29 is 27.8 Å². The fraction of sp³-hybridized carbons (Fsp3) is 0.900. The Morgan fingerprint density at radius 3 is 2.59 bits per heavy atom. The van der Waals surface area contributed by atoms with Gasteiger partial charge in [0.15, 0.2) is 5.60 Å². The van der Waals surface area contributed by atoms with Crippen LogP contribution in [0.3, 0.4) is 0 Å². The lowest BCUT2D eigenvalue weighted by molar-refractivity contribution is -0.271. The lowest BCUT2D eigenvalue weighted by Gasteiger charge is -2.32. The summed E-state index contributed by atoms with van der Waals surface area (Å²) < 4.78 is 43.7. The molecule has 0 aliphatic carbocycles. The van der Waals surface area contributed by atoms with Crippen LogP contribution in [0.15, 0.2) is 0 Å². The van der Waals surface area contributed by atoms with Crippen molar-refractivity contribution in [3.63, 3.8) is 0 Å². The molecule has 1 aliphatic heterocycles. The number of carboxylic acids is 1. The molecule has 0 saturated carbocycles. The van der Waals surface area contributed by atoms with E-state index >= 15 is 0 Å². The Balaban J connectivity index is 2.82. The quantitative estimate of drug-likeness (QED) is 0.827. The van der Waals surface area contributed by atoms with Gasteiger partial charge >= 0.3 is 12.1 Å². The normalized spacial score (nSPS) is 28.3. The van der Waals surface area contributed by atoms with Crippen molar-refractivity contribution in [2.24, 2.45) is 0 Å². The molecule has 7 heteroatoms. The van der Waals surface area contributed by atoms with Crippen LogP contribution in [0, 0.1) is 0 Å². The topological polar surface area (TPSA) is 49.8 Å². The minimum Gasteiger partial charge on any atom is -0.480 e. The van der Waals surface area contributed by atoms with E-state index in [4.69, 9.17) is 9.84 Å². The van der Waals surface area contributed by atoms with Crippen molar-refractivity contribution in [1.82, 2.24) is 4.90 Å². The van der Waals surface area contributed by atoms with E-state index in [2.05, 4.69) is 0 Å². The minimum absolute atomic E-state index is 0.0468. The fourth-order valence-electron chi connectivity index (χ4n) is 2.00.